The van der Waals surface area contributed by atoms with E-state index in [1.807, 2.05) is 6.92 Å². The van der Waals surface area contributed by atoms with Crippen molar-refractivity contribution >= 4 is 12.0 Å². The minimum atomic E-state index is -4.64. The zero-order valence-electron chi connectivity index (χ0n) is 23.7. The Morgan fingerprint density at radius 1 is 1.18 bits per heavy atom. The number of aromatic nitrogens is 2. The molecule has 1 aromatic rings. The van der Waals surface area contributed by atoms with E-state index in [-0.39, 0.29) is 74.7 Å². The lowest BCUT2D eigenvalue weighted by Crippen LogP contribution is -2.59. The summed E-state index contributed by atoms with van der Waals surface area (Å²) in [5, 5.41) is 21.4. The quantitative estimate of drug-likeness (QED) is 0.545. The Bertz CT molecular complexity index is 1070. The lowest BCUT2D eigenvalue weighted by atomic mass is 9.93. The zero-order valence-corrected chi connectivity index (χ0v) is 23.7. The molecule has 1 fully saturated rings. The van der Waals surface area contributed by atoms with Crippen molar-refractivity contribution in [1.82, 2.24) is 24.7 Å². The van der Waals surface area contributed by atoms with E-state index in [0.717, 1.165) is 0 Å². The summed E-state index contributed by atoms with van der Waals surface area (Å²) in [6.45, 7) is 12.5. The number of halogens is 3. The number of amides is 2. The van der Waals surface area contributed by atoms with Crippen LogP contribution in [0.2, 0.25) is 0 Å². The molecule has 10 nitrogen and oxygen atoms in total. The van der Waals surface area contributed by atoms with E-state index in [4.69, 9.17) is 4.74 Å². The van der Waals surface area contributed by atoms with Crippen LogP contribution in [0.25, 0.3) is 0 Å². The molecule has 0 aromatic carbocycles. The van der Waals surface area contributed by atoms with Crippen LogP contribution in [0.5, 0.6) is 0 Å². The SMILES string of the molecule is C[C@H]1CN(C[C@H](CC(O)N2CCc3c(nc(C(C)(C)C)nc3C(F)(F)F)C2)N(C(=O)O)C(C)(C)C)C(=O)CO1. The van der Waals surface area contributed by atoms with Crippen molar-refractivity contribution in [2.45, 2.75) is 103 Å². The molecule has 0 saturated carbocycles. The first kappa shape index (κ1) is 31.0. The molecular formula is C26H40F3N5O5. The number of carboxylic acid groups (broad SMARTS) is 1. The maximum atomic E-state index is 13.9. The van der Waals surface area contributed by atoms with Gasteiger partial charge < -0.3 is 19.8 Å². The Labute approximate surface area is 227 Å². The number of hydrogen-bond acceptors (Lipinski definition) is 7. The van der Waals surface area contributed by atoms with Gasteiger partial charge in [-0.1, -0.05) is 20.8 Å². The van der Waals surface area contributed by atoms with Gasteiger partial charge >= 0.3 is 12.3 Å². The van der Waals surface area contributed by atoms with E-state index in [2.05, 4.69) is 9.97 Å². The molecule has 3 rings (SSSR count). The summed E-state index contributed by atoms with van der Waals surface area (Å²) in [7, 11) is 0. The molecule has 13 heteroatoms. The number of carbonyl (C=O) groups excluding carboxylic acids is 1. The molecule has 2 aliphatic heterocycles. The molecule has 1 unspecified atom stereocenters. The topological polar surface area (TPSA) is 119 Å². The molecule has 3 atom stereocenters. The number of carbonyl (C=O) groups is 2. The van der Waals surface area contributed by atoms with Crippen LogP contribution in [0.4, 0.5) is 18.0 Å². The predicted octanol–water partition coefficient (Wildman–Crippen LogP) is 3.25. The summed E-state index contributed by atoms with van der Waals surface area (Å²) in [4.78, 5) is 37.5. The second kappa shape index (κ2) is 11.2. The average Bonchev–Trinajstić information content (AvgIpc) is 2.77. The van der Waals surface area contributed by atoms with Gasteiger partial charge in [0, 0.05) is 49.1 Å². The molecule has 1 saturated heterocycles. The van der Waals surface area contributed by atoms with Crippen molar-refractivity contribution in [2.75, 3.05) is 26.2 Å². The predicted molar refractivity (Wildman–Crippen MR) is 136 cm³/mol. The Balaban J connectivity index is 1.90. The van der Waals surface area contributed by atoms with E-state index in [1.165, 1.54) is 9.80 Å². The fourth-order valence-corrected chi connectivity index (χ4v) is 5.12. The number of ether oxygens (including phenoxy) is 1. The van der Waals surface area contributed by atoms with Crippen LogP contribution in [0.3, 0.4) is 0 Å². The molecule has 2 amide bonds. The van der Waals surface area contributed by atoms with Crippen molar-refractivity contribution in [3.63, 3.8) is 0 Å². The zero-order chi connectivity index (χ0) is 29.5. The first-order valence-corrected chi connectivity index (χ1v) is 13.1. The highest BCUT2D eigenvalue weighted by Crippen LogP contribution is 2.36. The minimum absolute atomic E-state index is 0.0162. The number of rotatable bonds is 6. The van der Waals surface area contributed by atoms with Gasteiger partial charge in [0.2, 0.25) is 5.91 Å². The number of morpholine rings is 1. The van der Waals surface area contributed by atoms with Gasteiger partial charge in [0.25, 0.3) is 0 Å². The third-order valence-electron chi connectivity index (χ3n) is 6.98. The number of nitrogens with zero attached hydrogens (tertiary/aromatic N) is 5. The third-order valence-corrected chi connectivity index (χ3v) is 6.98. The highest BCUT2D eigenvalue weighted by Gasteiger charge is 2.42. The highest BCUT2D eigenvalue weighted by atomic mass is 19.4. The van der Waals surface area contributed by atoms with Crippen molar-refractivity contribution in [3.05, 3.63) is 22.8 Å². The highest BCUT2D eigenvalue weighted by molar-refractivity contribution is 5.78. The Morgan fingerprint density at radius 2 is 1.82 bits per heavy atom. The molecule has 2 N–H and O–H groups in total. The first-order valence-electron chi connectivity index (χ1n) is 13.1. The second-order valence-corrected chi connectivity index (χ2v) is 12.4. The molecule has 1 aromatic heterocycles. The van der Waals surface area contributed by atoms with Crippen molar-refractivity contribution < 1.29 is 37.7 Å². The summed E-state index contributed by atoms with van der Waals surface area (Å²) in [5.74, 6) is -0.211. The molecule has 220 valence electrons. The van der Waals surface area contributed by atoms with Crippen LogP contribution < -0.4 is 0 Å². The average molecular weight is 560 g/mol. The number of aliphatic hydroxyl groups is 1. The summed E-state index contributed by atoms with van der Waals surface area (Å²) >= 11 is 0. The molecule has 3 heterocycles. The van der Waals surface area contributed by atoms with Crippen LogP contribution >= 0.6 is 0 Å². The van der Waals surface area contributed by atoms with E-state index in [0.29, 0.717) is 0 Å². The number of aliphatic hydroxyl groups excluding tert-OH is 1. The third kappa shape index (κ3) is 7.37. The van der Waals surface area contributed by atoms with Crippen LogP contribution in [-0.2, 0) is 34.1 Å². The molecule has 2 aliphatic rings. The Kier molecular flexibility index (Phi) is 8.88. The maximum absolute atomic E-state index is 13.9. The second-order valence-electron chi connectivity index (χ2n) is 12.4. The van der Waals surface area contributed by atoms with E-state index >= 15 is 0 Å². The number of fused-ring (bicyclic) bond motifs is 1. The van der Waals surface area contributed by atoms with E-state index < -0.39 is 41.2 Å². The fraction of sp³-hybridized carbons (Fsp3) is 0.769. The summed E-state index contributed by atoms with van der Waals surface area (Å²) < 4.78 is 47.0. The molecule has 0 bridgehead atoms. The van der Waals surface area contributed by atoms with E-state index in [1.54, 1.807) is 46.4 Å². The van der Waals surface area contributed by atoms with Gasteiger partial charge in [0.05, 0.1) is 17.8 Å². The van der Waals surface area contributed by atoms with Gasteiger partial charge in [0.15, 0.2) is 5.69 Å². The molecule has 0 aliphatic carbocycles. The standard InChI is InChI=1S/C26H40F3N5O5/c1-15-11-33(20(36)14-39-15)12-16(34(23(37)38)25(5,6)7)10-19(35)32-9-8-17-18(13-32)30-22(24(2,3)4)31-21(17)26(27,28)29/h15-16,19,35H,8-14H2,1-7H3,(H,37,38)/t15-,16-,19?/m0/s1. The number of alkyl halides is 3. The van der Waals surface area contributed by atoms with Gasteiger partial charge in [-0.15, -0.1) is 0 Å². The summed E-state index contributed by atoms with van der Waals surface area (Å²) in [6.07, 6.45) is -7.33. The van der Waals surface area contributed by atoms with Gasteiger partial charge in [-0.05, 0) is 34.1 Å². The Hall–Kier alpha value is -2.51. The van der Waals surface area contributed by atoms with Crippen molar-refractivity contribution in [2.24, 2.45) is 0 Å². The van der Waals surface area contributed by atoms with Crippen LogP contribution in [0.1, 0.15) is 77.7 Å². The lowest BCUT2D eigenvalue weighted by Gasteiger charge is -2.44. The van der Waals surface area contributed by atoms with E-state index in [9.17, 15) is 33.0 Å². The fourth-order valence-electron chi connectivity index (χ4n) is 5.12. The smallest absolute Gasteiger partial charge is 0.433 e. The normalized spacial score (nSPS) is 20.9. The van der Waals surface area contributed by atoms with Gasteiger partial charge in [-0.25, -0.2) is 14.8 Å². The molecule has 0 radical (unpaired) electrons. The summed E-state index contributed by atoms with van der Waals surface area (Å²) in [6, 6.07) is -0.783. The van der Waals surface area contributed by atoms with Crippen LogP contribution in [0.15, 0.2) is 0 Å². The van der Waals surface area contributed by atoms with Gasteiger partial charge in [0.1, 0.15) is 18.7 Å². The monoisotopic (exact) mass is 559 g/mol. The molecule has 39 heavy (non-hydrogen) atoms. The van der Waals surface area contributed by atoms with Gasteiger partial charge in [-0.3, -0.25) is 14.6 Å². The van der Waals surface area contributed by atoms with Crippen molar-refractivity contribution in [1.29, 1.82) is 0 Å². The summed E-state index contributed by atoms with van der Waals surface area (Å²) in [5.41, 5.74) is -2.30. The lowest BCUT2D eigenvalue weighted by molar-refractivity contribution is -0.150. The largest absolute Gasteiger partial charge is 0.465 e. The van der Waals surface area contributed by atoms with Crippen LogP contribution in [0, 0.1) is 0 Å². The minimum Gasteiger partial charge on any atom is -0.465 e. The molecular weight excluding hydrogens is 519 g/mol. The Morgan fingerprint density at radius 3 is 2.36 bits per heavy atom. The number of hydrogen-bond donors (Lipinski definition) is 2. The van der Waals surface area contributed by atoms with Gasteiger partial charge in [-0.2, -0.15) is 13.2 Å². The molecule has 0 spiro atoms. The van der Waals surface area contributed by atoms with Crippen LogP contribution in [-0.4, -0.2) is 97.0 Å². The maximum Gasteiger partial charge on any atom is 0.433 e. The first-order chi connectivity index (χ1) is 17.8. The van der Waals surface area contributed by atoms with Crippen molar-refractivity contribution in [3.8, 4) is 0 Å².